The van der Waals surface area contributed by atoms with Gasteiger partial charge < -0.3 is 10.0 Å². The number of hydrogen-bond donors (Lipinski definition) is 1. The first kappa shape index (κ1) is 22.3. The van der Waals surface area contributed by atoms with Gasteiger partial charge in [0.15, 0.2) is 11.4 Å². The van der Waals surface area contributed by atoms with E-state index in [0.29, 0.717) is 28.4 Å². The third kappa shape index (κ3) is 3.85. The van der Waals surface area contributed by atoms with Gasteiger partial charge in [-0.15, -0.1) is 0 Å². The van der Waals surface area contributed by atoms with E-state index >= 15 is 0 Å². The van der Waals surface area contributed by atoms with Gasteiger partial charge in [0.05, 0.1) is 18.7 Å². The number of carbonyl (C=O) groups excluding carboxylic acids is 2. The van der Waals surface area contributed by atoms with Crippen molar-refractivity contribution in [2.75, 3.05) is 4.90 Å². The molecule has 1 aliphatic heterocycles. The zero-order valence-electron chi connectivity index (χ0n) is 18.7. The number of nitrogens with zero attached hydrogens (tertiary/aromatic N) is 1. The summed E-state index contributed by atoms with van der Waals surface area (Å²) in [5, 5.41) is 12.0. The molecule has 0 saturated carbocycles. The van der Waals surface area contributed by atoms with Gasteiger partial charge in [-0.25, -0.2) is 0 Å². The maximum atomic E-state index is 13.5. The molecule has 0 saturated heterocycles. The van der Waals surface area contributed by atoms with Crippen LogP contribution in [0.1, 0.15) is 50.2 Å². The Kier molecular flexibility index (Phi) is 5.70. The highest BCUT2D eigenvalue weighted by atomic mass is 35.5. The molecule has 0 aliphatic carbocycles. The van der Waals surface area contributed by atoms with Gasteiger partial charge >= 0.3 is 0 Å². The number of Topliss-reactive ketones (excluding diaryl/α,β-unsaturated/α-hetero) is 1. The molecule has 0 bridgehead atoms. The van der Waals surface area contributed by atoms with Crippen LogP contribution >= 0.6 is 11.6 Å². The summed E-state index contributed by atoms with van der Waals surface area (Å²) in [6.07, 6.45) is -0.340. The Labute approximate surface area is 193 Å². The quantitative estimate of drug-likeness (QED) is 0.519. The average molecular weight is 448 g/mol. The van der Waals surface area contributed by atoms with Crippen LogP contribution in [0.5, 0.6) is 0 Å². The molecule has 0 aromatic heterocycles. The minimum Gasteiger partial charge on any atom is -0.375 e. The van der Waals surface area contributed by atoms with Crippen molar-refractivity contribution in [2.45, 2.75) is 46.3 Å². The number of ketones is 1. The first-order valence-electron chi connectivity index (χ1n) is 10.6. The lowest BCUT2D eigenvalue weighted by molar-refractivity contribution is -0.136. The van der Waals surface area contributed by atoms with Gasteiger partial charge in [-0.3, -0.25) is 9.59 Å². The lowest BCUT2D eigenvalue weighted by Crippen LogP contribution is -2.41. The Morgan fingerprint density at radius 1 is 0.938 bits per heavy atom. The molecule has 0 spiro atoms. The summed E-state index contributed by atoms with van der Waals surface area (Å²) < 4.78 is 0. The standard InChI is InChI=1S/C27H26ClNO3/c1-16-5-7-20(8-6-16)15-29-24-10-9-21(28)13-23(24)27(32,26(29)31)14-25(30)22-12-18(3)17(2)11-19(22)4/h5-13,32H,14-15H2,1-4H3/t27-/m1/s1. The largest absolute Gasteiger partial charge is 0.375 e. The molecule has 5 heteroatoms. The van der Waals surface area contributed by atoms with Gasteiger partial charge in [-0.1, -0.05) is 47.5 Å². The number of fused-ring (bicyclic) bond motifs is 1. The maximum absolute atomic E-state index is 13.5. The number of benzene rings is 3. The smallest absolute Gasteiger partial charge is 0.264 e. The number of carbonyl (C=O) groups is 2. The van der Waals surface area contributed by atoms with Gasteiger partial charge in [-0.05, 0) is 74.2 Å². The van der Waals surface area contributed by atoms with Crippen molar-refractivity contribution in [3.8, 4) is 0 Å². The number of hydrogen-bond acceptors (Lipinski definition) is 3. The van der Waals surface area contributed by atoms with Crippen molar-refractivity contribution in [1.29, 1.82) is 0 Å². The molecule has 164 valence electrons. The predicted molar refractivity (Wildman–Crippen MR) is 127 cm³/mol. The van der Waals surface area contributed by atoms with Crippen molar-refractivity contribution in [3.05, 3.63) is 98.6 Å². The summed E-state index contributed by atoms with van der Waals surface area (Å²) in [6, 6.07) is 16.7. The van der Waals surface area contributed by atoms with E-state index in [1.54, 1.807) is 18.2 Å². The summed E-state index contributed by atoms with van der Waals surface area (Å²) in [4.78, 5) is 28.3. The number of aryl methyl sites for hydroxylation is 4. The van der Waals surface area contributed by atoms with Crippen LogP contribution in [0, 0.1) is 27.7 Å². The molecular weight excluding hydrogens is 422 g/mol. The Morgan fingerprint density at radius 2 is 1.59 bits per heavy atom. The average Bonchev–Trinajstić information content (AvgIpc) is 2.93. The SMILES string of the molecule is Cc1ccc(CN2C(=O)[C@@](O)(CC(=O)c3cc(C)c(C)cc3C)c3cc(Cl)ccc32)cc1. The molecule has 3 aromatic rings. The predicted octanol–water partition coefficient (Wildman–Crippen LogP) is 5.58. The first-order valence-corrected chi connectivity index (χ1v) is 11.0. The van der Waals surface area contributed by atoms with Crippen LogP contribution < -0.4 is 4.90 Å². The van der Waals surface area contributed by atoms with Crippen molar-refractivity contribution >= 4 is 29.0 Å². The summed E-state index contributed by atoms with van der Waals surface area (Å²) in [5.41, 5.74) is 4.48. The maximum Gasteiger partial charge on any atom is 0.264 e. The lowest BCUT2D eigenvalue weighted by Gasteiger charge is -2.23. The Bertz CT molecular complexity index is 1230. The number of halogens is 1. The topological polar surface area (TPSA) is 57.6 Å². The van der Waals surface area contributed by atoms with E-state index in [-0.39, 0.29) is 12.2 Å². The normalized spacial score (nSPS) is 17.6. The minimum absolute atomic E-state index is 0.274. The molecular formula is C27H26ClNO3. The number of anilines is 1. The van der Waals surface area contributed by atoms with E-state index in [9.17, 15) is 14.7 Å². The fourth-order valence-corrected chi connectivity index (χ4v) is 4.49. The van der Waals surface area contributed by atoms with Crippen LogP contribution in [0.2, 0.25) is 5.02 Å². The molecule has 32 heavy (non-hydrogen) atoms. The second kappa shape index (κ2) is 8.19. The fraction of sp³-hybridized carbons (Fsp3) is 0.259. The zero-order chi connectivity index (χ0) is 23.2. The highest BCUT2D eigenvalue weighted by Crippen LogP contribution is 2.45. The van der Waals surface area contributed by atoms with Crippen molar-refractivity contribution < 1.29 is 14.7 Å². The molecule has 4 nitrogen and oxygen atoms in total. The van der Waals surface area contributed by atoms with Gasteiger partial charge in [-0.2, -0.15) is 0 Å². The number of aliphatic hydroxyl groups is 1. The molecule has 1 heterocycles. The van der Waals surface area contributed by atoms with Crippen LogP contribution in [0.4, 0.5) is 5.69 Å². The van der Waals surface area contributed by atoms with E-state index in [2.05, 4.69) is 0 Å². The van der Waals surface area contributed by atoms with E-state index in [1.165, 1.54) is 4.90 Å². The molecule has 1 atom stereocenters. The zero-order valence-corrected chi connectivity index (χ0v) is 19.5. The Hall–Kier alpha value is -2.95. The summed E-state index contributed by atoms with van der Waals surface area (Å²) in [7, 11) is 0. The second-order valence-electron chi connectivity index (χ2n) is 8.75. The fourth-order valence-electron chi connectivity index (χ4n) is 4.32. The van der Waals surface area contributed by atoms with E-state index in [0.717, 1.165) is 27.8 Å². The molecule has 0 unspecified atom stereocenters. The minimum atomic E-state index is -1.97. The molecule has 4 rings (SSSR count). The lowest BCUT2D eigenvalue weighted by atomic mass is 9.86. The summed E-state index contributed by atoms with van der Waals surface area (Å²) in [6.45, 7) is 8.11. The molecule has 1 amide bonds. The Morgan fingerprint density at radius 3 is 2.28 bits per heavy atom. The molecule has 1 N–H and O–H groups in total. The Balaban J connectivity index is 1.72. The molecule has 0 fully saturated rings. The van der Waals surface area contributed by atoms with Crippen molar-refractivity contribution in [3.63, 3.8) is 0 Å². The van der Waals surface area contributed by atoms with Crippen LogP contribution in [0.3, 0.4) is 0 Å². The second-order valence-corrected chi connectivity index (χ2v) is 9.19. The van der Waals surface area contributed by atoms with Crippen LogP contribution in [-0.4, -0.2) is 16.8 Å². The van der Waals surface area contributed by atoms with Gasteiger partial charge in [0.1, 0.15) is 0 Å². The van der Waals surface area contributed by atoms with Crippen LogP contribution in [0.15, 0.2) is 54.6 Å². The van der Waals surface area contributed by atoms with Gasteiger partial charge in [0.2, 0.25) is 0 Å². The summed E-state index contributed by atoms with van der Waals surface area (Å²) in [5.74, 6) is -0.783. The van der Waals surface area contributed by atoms with Crippen molar-refractivity contribution in [2.24, 2.45) is 0 Å². The molecule has 1 aliphatic rings. The van der Waals surface area contributed by atoms with Gasteiger partial charge in [0.25, 0.3) is 5.91 Å². The first-order chi connectivity index (χ1) is 15.1. The van der Waals surface area contributed by atoms with Crippen LogP contribution in [-0.2, 0) is 16.9 Å². The third-order valence-electron chi connectivity index (χ3n) is 6.31. The van der Waals surface area contributed by atoms with E-state index in [1.807, 2.05) is 64.1 Å². The molecule has 3 aromatic carbocycles. The number of rotatable bonds is 5. The van der Waals surface area contributed by atoms with Gasteiger partial charge in [0, 0.05) is 16.1 Å². The highest BCUT2D eigenvalue weighted by Gasteiger charge is 2.51. The van der Waals surface area contributed by atoms with E-state index in [4.69, 9.17) is 11.6 Å². The number of amides is 1. The highest BCUT2D eigenvalue weighted by molar-refractivity contribution is 6.31. The molecule has 0 radical (unpaired) electrons. The summed E-state index contributed by atoms with van der Waals surface area (Å²) >= 11 is 6.21. The van der Waals surface area contributed by atoms with E-state index < -0.39 is 11.5 Å². The monoisotopic (exact) mass is 447 g/mol. The van der Waals surface area contributed by atoms with Crippen molar-refractivity contribution in [1.82, 2.24) is 0 Å². The van der Waals surface area contributed by atoms with Crippen LogP contribution in [0.25, 0.3) is 0 Å². The third-order valence-corrected chi connectivity index (χ3v) is 6.55.